The zero-order valence-electron chi connectivity index (χ0n) is 13.4. The first-order valence-electron chi connectivity index (χ1n) is 7.61. The van der Waals surface area contributed by atoms with Crippen molar-refractivity contribution in [1.82, 2.24) is 10.2 Å². The molecule has 0 radical (unpaired) electrons. The van der Waals surface area contributed by atoms with Crippen molar-refractivity contribution in [3.8, 4) is 0 Å². The zero-order valence-corrected chi connectivity index (χ0v) is 15.0. The van der Waals surface area contributed by atoms with Gasteiger partial charge in [-0.1, -0.05) is 41.0 Å². The predicted molar refractivity (Wildman–Crippen MR) is 95.9 cm³/mol. The fraction of sp³-hybridized carbons (Fsp3) is 0.118. The molecule has 0 aliphatic heterocycles. The third-order valence-electron chi connectivity index (χ3n) is 3.46. The maximum absolute atomic E-state index is 12.2. The van der Waals surface area contributed by atoms with E-state index < -0.39 is 15.7 Å². The van der Waals surface area contributed by atoms with Gasteiger partial charge in [0, 0.05) is 17.0 Å². The van der Waals surface area contributed by atoms with Gasteiger partial charge in [0.25, 0.3) is 5.91 Å². The van der Waals surface area contributed by atoms with E-state index in [9.17, 15) is 13.2 Å². The Hall–Kier alpha value is -2.71. The second kappa shape index (κ2) is 7.67. The van der Waals surface area contributed by atoms with Crippen LogP contribution in [0.3, 0.4) is 0 Å². The molecule has 0 spiro atoms. The summed E-state index contributed by atoms with van der Waals surface area (Å²) in [7, 11) is -3.45. The molecule has 9 heteroatoms. The van der Waals surface area contributed by atoms with Crippen molar-refractivity contribution in [1.29, 1.82) is 0 Å². The molecule has 0 unspecified atom stereocenters. The van der Waals surface area contributed by atoms with Crippen LogP contribution in [0.15, 0.2) is 63.9 Å². The Kier molecular flexibility index (Phi) is 5.34. The number of aryl methyl sites for hydroxylation is 1. The number of aromatic nitrogens is 2. The molecular formula is C17H14ClN3O4S. The first-order chi connectivity index (χ1) is 12.4. The lowest BCUT2D eigenvalue weighted by molar-refractivity contribution is 0.102. The minimum Gasteiger partial charge on any atom is -0.408 e. The normalized spacial score (nSPS) is 11.3. The van der Waals surface area contributed by atoms with Crippen LogP contribution in [0.25, 0.3) is 0 Å². The van der Waals surface area contributed by atoms with Gasteiger partial charge < -0.3 is 4.42 Å². The smallest absolute Gasteiger partial charge is 0.322 e. The van der Waals surface area contributed by atoms with Gasteiger partial charge in [-0.3, -0.25) is 10.1 Å². The fourth-order valence-electron chi connectivity index (χ4n) is 2.17. The minimum atomic E-state index is -3.45. The first-order valence-corrected chi connectivity index (χ1v) is 9.64. The van der Waals surface area contributed by atoms with Crippen molar-refractivity contribution in [2.75, 3.05) is 11.1 Å². The molecular weight excluding hydrogens is 378 g/mol. The number of benzene rings is 2. The fourth-order valence-corrected chi connectivity index (χ4v) is 3.61. The number of carbonyl (C=O) groups is 1. The number of hydrogen-bond acceptors (Lipinski definition) is 6. The van der Waals surface area contributed by atoms with Gasteiger partial charge in [-0.25, -0.2) is 8.42 Å². The van der Waals surface area contributed by atoms with Gasteiger partial charge in [0.05, 0.1) is 10.6 Å². The molecule has 26 heavy (non-hydrogen) atoms. The zero-order chi connectivity index (χ0) is 18.6. The van der Waals surface area contributed by atoms with Crippen LogP contribution in [0.1, 0.15) is 16.2 Å². The summed E-state index contributed by atoms with van der Waals surface area (Å²) in [4.78, 5) is 12.3. The Labute approximate surface area is 154 Å². The SMILES string of the molecule is O=C(Nc1nnc(CCS(=O)(=O)c2ccccc2)o1)c1cccc(Cl)c1. The summed E-state index contributed by atoms with van der Waals surface area (Å²) < 4.78 is 29.8. The largest absolute Gasteiger partial charge is 0.408 e. The molecule has 0 atom stereocenters. The molecule has 0 aliphatic rings. The number of anilines is 1. The summed E-state index contributed by atoms with van der Waals surface area (Å²) in [6.45, 7) is 0. The summed E-state index contributed by atoms with van der Waals surface area (Å²) in [6, 6.07) is 14.4. The lowest BCUT2D eigenvalue weighted by Crippen LogP contribution is -2.12. The van der Waals surface area contributed by atoms with E-state index in [0.29, 0.717) is 10.6 Å². The van der Waals surface area contributed by atoms with Gasteiger partial charge in [0.15, 0.2) is 9.84 Å². The molecule has 1 aromatic heterocycles. The van der Waals surface area contributed by atoms with E-state index in [0.717, 1.165) is 0 Å². The highest BCUT2D eigenvalue weighted by atomic mass is 35.5. The molecule has 1 amide bonds. The summed E-state index contributed by atoms with van der Waals surface area (Å²) in [5.74, 6) is -0.522. The van der Waals surface area contributed by atoms with Crippen molar-refractivity contribution >= 4 is 33.4 Å². The Morgan fingerprint density at radius 3 is 2.58 bits per heavy atom. The van der Waals surface area contributed by atoms with Crippen LogP contribution in [0, 0.1) is 0 Å². The van der Waals surface area contributed by atoms with Gasteiger partial charge in [0.2, 0.25) is 5.89 Å². The van der Waals surface area contributed by atoms with E-state index in [2.05, 4.69) is 15.5 Å². The number of hydrogen-bond donors (Lipinski definition) is 1. The number of sulfone groups is 1. The van der Waals surface area contributed by atoms with E-state index in [1.165, 1.54) is 18.2 Å². The highest BCUT2D eigenvalue weighted by molar-refractivity contribution is 7.91. The molecule has 0 saturated heterocycles. The number of nitrogens with zero attached hydrogens (tertiary/aromatic N) is 2. The summed E-state index contributed by atoms with van der Waals surface area (Å²) in [5, 5.41) is 10.3. The van der Waals surface area contributed by atoms with Crippen molar-refractivity contribution in [3.63, 3.8) is 0 Å². The maximum atomic E-state index is 12.2. The molecule has 3 rings (SSSR count). The van der Waals surface area contributed by atoms with Gasteiger partial charge in [0.1, 0.15) is 0 Å². The summed E-state index contributed by atoms with van der Waals surface area (Å²) in [6.07, 6.45) is 0.0390. The highest BCUT2D eigenvalue weighted by Gasteiger charge is 2.17. The number of rotatable bonds is 6. The Bertz CT molecular complexity index is 1020. The maximum Gasteiger partial charge on any atom is 0.322 e. The third kappa shape index (κ3) is 4.47. The van der Waals surface area contributed by atoms with Crippen LogP contribution < -0.4 is 5.32 Å². The summed E-state index contributed by atoms with van der Waals surface area (Å²) in [5.41, 5.74) is 0.337. The van der Waals surface area contributed by atoms with Crippen LogP contribution in [0.4, 0.5) is 6.01 Å². The molecule has 3 aromatic rings. The van der Waals surface area contributed by atoms with E-state index >= 15 is 0 Å². The highest BCUT2D eigenvalue weighted by Crippen LogP contribution is 2.15. The van der Waals surface area contributed by atoms with Crippen molar-refractivity contribution in [2.45, 2.75) is 11.3 Å². The number of halogens is 1. The van der Waals surface area contributed by atoms with Crippen LogP contribution in [0.2, 0.25) is 5.02 Å². The molecule has 0 fully saturated rings. The first kappa shape index (κ1) is 18.1. The minimum absolute atomic E-state index is 0.0390. The molecule has 2 aromatic carbocycles. The molecule has 0 bridgehead atoms. The topological polar surface area (TPSA) is 102 Å². The monoisotopic (exact) mass is 391 g/mol. The predicted octanol–water partition coefficient (Wildman–Crippen LogP) is 2.99. The van der Waals surface area contributed by atoms with E-state index in [-0.39, 0.29) is 29.0 Å². The average molecular weight is 392 g/mol. The van der Waals surface area contributed by atoms with E-state index in [4.69, 9.17) is 16.0 Å². The molecule has 134 valence electrons. The standard InChI is InChI=1S/C17H14ClN3O4S/c18-13-6-4-5-12(11-13)16(22)19-17-21-20-15(25-17)9-10-26(23,24)14-7-2-1-3-8-14/h1-8,11H,9-10H2,(H,19,21,22). The van der Waals surface area contributed by atoms with Crippen molar-refractivity contribution in [3.05, 3.63) is 71.1 Å². The van der Waals surface area contributed by atoms with E-state index in [1.807, 2.05) is 0 Å². The molecule has 0 aliphatic carbocycles. The van der Waals surface area contributed by atoms with Crippen LogP contribution in [-0.2, 0) is 16.3 Å². The lowest BCUT2D eigenvalue weighted by Gasteiger charge is -2.02. The van der Waals surface area contributed by atoms with Crippen LogP contribution >= 0.6 is 11.6 Å². The van der Waals surface area contributed by atoms with Gasteiger partial charge in [-0.2, -0.15) is 0 Å². The quantitative estimate of drug-likeness (QED) is 0.693. The van der Waals surface area contributed by atoms with Gasteiger partial charge in [-0.15, -0.1) is 5.10 Å². The second-order valence-corrected chi connectivity index (χ2v) is 7.89. The average Bonchev–Trinajstić information content (AvgIpc) is 3.08. The van der Waals surface area contributed by atoms with Gasteiger partial charge >= 0.3 is 6.01 Å². The molecule has 1 N–H and O–H groups in total. The van der Waals surface area contributed by atoms with Crippen LogP contribution in [-0.4, -0.2) is 30.3 Å². The number of amides is 1. The number of nitrogens with one attached hydrogen (secondary N) is 1. The molecule has 7 nitrogen and oxygen atoms in total. The number of carbonyl (C=O) groups excluding carboxylic acids is 1. The third-order valence-corrected chi connectivity index (χ3v) is 5.43. The lowest BCUT2D eigenvalue weighted by atomic mass is 10.2. The Morgan fingerprint density at radius 2 is 1.85 bits per heavy atom. The molecule has 1 heterocycles. The Morgan fingerprint density at radius 1 is 1.08 bits per heavy atom. The van der Waals surface area contributed by atoms with Gasteiger partial charge in [-0.05, 0) is 30.3 Å². The van der Waals surface area contributed by atoms with Crippen molar-refractivity contribution < 1.29 is 17.6 Å². The van der Waals surface area contributed by atoms with Crippen molar-refractivity contribution in [2.24, 2.45) is 0 Å². The second-order valence-electron chi connectivity index (χ2n) is 5.35. The van der Waals surface area contributed by atoms with Crippen LogP contribution in [0.5, 0.6) is 0 Å². The van der Waals surface area contributed by atoms with E-state index in [1.54, 1.807) is 36.4 Å². The summed E-state index contributed by atoms with van der Waals surface area (Å²) >= 11 is 5.84. The Balaban J connectivity index is 1.62. The molecule has 0 saturated carbocycles.